The van der Waals surface area contributed by atoms with Crippen molar-refractivity contribution < 1.29 is 41.5 Å². The van der Waals surface area contributed by atoms with Crippen molar-refractivity contribution in [1.29, 1.82) is 0 Å². The fraction of sp³-hybridized carbons (Fsp3) is 1.00. The van der Waals surface area contributed by atoms with E-state index < -0.39 is 0 Å². The summed E-state index contributed by atoms with van der Waals surface area (Å²) in [6, 6.07) is 0. The molecule has 0 saturated heterocycles. The normalized spacial score (nSPS) is 4.00. The fourth-order valence-electron chi connectivity index (χ4n) is 0. The van der Waals surface area contributed by atoms with Gasteiger partial charge in [0.25, 0.3) is 0 Å². The van der Waals surface area contributed by atoms with Crippen LogP contribution in [0.4, 0.5) is 0 Å². The van der Waals surface area contributed by atoms with Gasteiger partial charge in [0.05, 0.1) is 0 Å². The number of rotatable bonds is 0. The van der Waals surface area contributed by atoms with Crippen LogP contribution in [0, 0.1) is 0 Å². The molecule has 36 valence electrons. The van der Waals surface area contributed by atoms with Crippen LogP contribution in [-0.4, -0.2) is 10.5 Å². The third kappa shape index (κ3) is 89.3. The van der Waals surface area contributed by atoms with Crippen molar-refractivity contribution in [1.82, 2.24) is 0 Å². The Bertz CT molecular complexity index is 12.9. The van der Waals surface area contributed by atoms with E-state index in [1.54, 1.807) is 0 Å². The van der Waals surface area contributed by atoms with Gasteiger partial charge in [0.2, 0.25) is 0 Å². The average Bonchev–Trinajstić information content (AvgIpc) is 1.46. The van der Waals surface area contributed by atoms with E-state index in [0.29, 0.717) is 0 Å². The molecule has 0 aliphatic heterocycles. The maximum absolute atomic E-state index is 6.00. The summed E-state index contributed by atoms with van der Waals surface area (Å²) >= 11 is 0. The first kappa shape index (κ1) is 15.8. The summed E-state index contributed by atoms with van der Waals surface area (Å²) in [6.07, 6.45) is 1.25. The predicted molar refractivity (Wildman–Crippen MR) is 22.3 cm³/mol. The third-order valence-electron chi connectivity index (χ3n) is 0. The van der Waals surface area contributed by atoms with Crippen molar-refractivity contribution in [2.24, 2.45) is 0 Å². The van der Waals surface area contributed by atoms with Gasteiger partial charge in [-0.2, -0.15) is 0 Å². The third-order valence-corrected chi connectivity index (χ3v) is 0. The van der Waals surface area contributed by atoms with Crippen LogP contribution in [0.15, 0.2) is 0 Å². The van der Waals surface area contributed by atoms with Crippen LogP contribution in [0.1, 0.15) is 21.7 Å². The van der Waals surface area contributed by atoms with Crippen LogP contribution in [0.2, 0.25) is 0 Å². The van der Waals surface area contributed by atoms with Crippen LogP contribution in [0.3, 0.4) is 0 Å². The Morgan fingerprint density at radius 3 is 1.33 bits per heavy atom. The van der Waals surface area contributed by atoms with Crippen molar-refractivity contribution in [2.45, 2.75) is 20.3 Å². The van der Waals surface area contributed by atoms with E-state index in [1.165, 1.54) is 6.42 Å². The Balaban J connectivity index is -0.0000000105. The molecular weight excluding hydrogens is 91.0 g/mol. The van der Waals surface area contributed by atoms with Gasteiger partial charge in [-0.3, -0.25) is 10.5 Å². The van der Waals surface area contributed by atoms with Crippen molar-refractivity contribution >= 4 is 0 Å². The van der Waals surface area contributed by atoms with Gasteiger partial charge in [0.1, 0.15) is 0 Å². The molecule has 0 radical (unpaired) electrons. The Morgan fingerprint density at radius 1 is 1.33 bits per heavy atom. The molecule has 0 unspecified atom stereocenters. The summed E-state index contributed by atoms with van der Waals surface area (Å²) in [5, 5.41) is 12.0. The zero-order valence-corrected chi connectivity index (χ0v) is 6.60. The van der Waals surface area contributed by atoms with Crippen molar-refractivity contribution in [2.75, 3.05) is 0 Å². The smallest absolute Gasteiger partial charge is 1.00 e. The molecule has 0 heterocycles. The first-order chi connectivity index (χ1) is 2.41. The van der Waals surface area contributed by atoms with Gasteiger partial charge in [0, 0.05) is 0 Å². The molecule has 0 aliphatic carbocycles. The number of hydrogen-bond donors (Lipinski definition) is 2. The van der Waals surface area contributed by atoms with E-state index in [0.717, 1.165) is 0 Å². The largest absolute Gasteiger partial charge is 1.00 e. The van der Waals surface area contributed by atoms with Crippen molar-refractivity contribution in [3.8, 4) is 0 Å². The van der Waals surface area contributed by atoms with Crippen LogP contribution in [-0.2, 0) is 0 Å². The molecule has 0 rings (SSSR count). The Labute approximate surface area is 61.9 Å². The Kier molecular flexibility index (Phi) is 102. The van der Waals surface area contributed by atoms with E-state index >= 15 is 0 Å². The second-order valence-corrected chi connectivity index (χ2v) is 0.707. The van der Waals surface area contributed by atoms with Crippen molar-refractivity contribution in [3.63, 3.8) is 0 Å². The van der Waals surface area contributed by atoms with Gasteiger partial charge in [-0.1, -0.05) is 20.3 Å². The molecule has 0 atom stereocenters. The van der Waals surface area contributed by atoms with Crippen LogP contribution >= 0.6 is 0 Å². The molecule has 0 saturated carbocycles. The maximum Gasteiger partial charge on any atom is 1.00 e. The van der Waals surface area contributed by atoms with Crippen molar-refractivity contribution in [3.05, 3.63) is 0 Å². The molecule has 3 heteroatoms. The van der Waals surface area contributed by atoms with Gasteiger partial charge in [0.15, 0.2) is 0 Å². The van der Waals surface area contributed by atoms with Gasteiger partial charge in [-0.05, 0) is 0 Å². The maximum atomic E-state index is 6.00. The Morgan fingerprint density at radius 2 is 1.33 bits per heavy atom. The topological polar surface area (TPSA) is 40.5 Å². The minimum atomic E-state index is 0. The van der Waals surface area contributed by atoms with E-state index in [9.17, 15) is 0 Å². The summed E-state index contributed by atoms with van der Waals surface area (Å²) in [5.74, 6) is 0. The van der Waals surface area contributed by atoms with Gasteiger partial charge < -0.3 is 1.43 Å². The molecule has 0 aromatic rings. The Hall–Kier alpha value is 0.920. The van der Waals surface area contributed by atoms with E-state index in [-0.39, 0.29) is 31.0 Å². The van der Waals surface area contributed by atoms with Gasteiger partial charge in [-0.15, -0.1) is 0 Å². The van der Waals surface area contributed by atoms with Gasteiger partial charge >= 0.3 is 29.6 Å². The second kappa shape index (κ2) is 38.9. The van der Waals surface area contributed by atoms with Crippen LogP contribution < -0.4 is 29.6 Å². The second-order valence-electron chi connectivity index (χ2n) is 0.707. The summed E-state index contributed by atoms with van der Waals surface area (Å²) in [6.45, 7) is 4.25. The fourth-order valence-corrected chi connectivity index (χ4v) is 0. The minimum absolute atomic E-state index is 0. The van der Waals surface area contributed by atoms with Gasteiger partial charge in [-0.25, -0.2) is 0 Å². The first-order valence-electron chi connectivity index (χ1n) is 1.61. The van der Waals surface area contributed by atoms with E-state index in [2.05, 4.69) is 13.8 Å². The predicted octanol–water partition coefficient (Wildman–Crippen LogP) is -1.45. The molecule has 2 nitrogen and oxygen atoms in total. The molecule has 0 fully saturated rings. The van der Waals surface area contributed by atoms with E-state index in [1.807, 2.05) is 0 Å². The van der Waals surface area contributed by atoms with E-state index in [4.69, 9.17) is 10.5 Å². The standard InChI is InChI=1S/C3H8.Na.H2O2.H/c1-3-2;;1-2;/h3H2,1-2H3;;1-2H;/q;+1;;-1. The molecule has 0 bridgehead atoms. The minimum Gasteiger partial charge on any atom is -1.00 e. The molecule has 0 amide bonds. The summed E-state index contributed by atoms with van der Waals surface area (Å²) in [4.78, 5) is 0. The molecule has 6 heavy (non-hydrogen) atoms. The molecule has 0 aromatic heterocycles. The summed E-state index contributed by atoms with van der Waals surface area (Å²) in [5.41, 5.74) is 0. The molecule has 0 aliphatic rings. The first-order valence-corrected chi connectivity index (χ1v) is 1.61. The average molecular weight is 102 g/mol. The molecule has 2 N–H and O–H groups in total. The summed E-state index contributed by atoms with van der Waals surface area (Å²) < 4.78 is 0. The van der Waals surface area contributed by atoms with Crippen LogP contribution in [0.25, 0.3) is 0 Å². The molecule has 0 aromatic carbocycles. The molecule has 0 spiro atoms. The molecular formula is C3H11NaO2. The number of hydrogen-bond acceptors (Lipinski definition) is 2. The quantitative estimate of drug-likeness (QED) is 0.223. The zero-order valence-electron chi connectivity index (χ0n) is 5.60. The monoisotopic (exact) mass is 102 g/mol. The summed E-state index contributed by atoms with van der Waals surface area (Å²) in [7, 11) is 0. The zero-order chi connectivity index (χ0) is 4.71. The van der Waals surface area contributed by atoms with Crippen LogP contribution in [0.5, 0.6) is 0 Å². The SMILES string of the molecule is CCC.OO.[H-].[Na+].